The summed E-state index contributed by atoms with van der Waals surface area (Å²) in [4.78, 5) is 18.9. The number of nitrogens with zero attached hydrogens (tertiary/aromatic N) is 6. The predicted octanol–water partition coefficient (Wildman–Crippen LogP) is 0.255. The van der Waals surface area contributed by atoms with Gasteiger partial charge in [-0.25, -0.2) is 4.98 Å². The minimum Gasteiger partial charge on any atom is -0.377 e. The number of nitrogen functional groups attached to an aromatic ring is 1. The van der Waals surface area contributed by atoms with Gasteiger partial charge in [-0.2, -0.15) is 15.0 Å². The summed E-state index contributed by atoms with van der Waals surface area (Å²) >= 11 is 0. The third-order valence-corrected chi connectivity index (χ3v) is 3.10. The van der Waals surface area contributed by atoms with E-state index in [2.05, 4.69) is 24.8 Å². The van der Waals surface area contributed by atoms with Gasteiger partial charge in [-0.1, -0.05) is 0 Å². The largest absolute Gasteiger partial charge is 0.377 e. The second-order valence-electron chi connectivity index (χ2n) is 4.74. The van der Waals surface area contributed by atoms with Crippen LogP contribution in [0.3, 0.4) is 0 Å². The number of aromatic nitrogens is 5. The predicted molar refractivity (Wildman–Crippen MR) is 73.6 cm³/mol. The molecule has 0 spiro atoms. The highest BCUT2D eigenvalue weighted by atomic mass is 16.5. The van der Waals surface area contributed by atoms with Crippen LogP contribution < -0.4 is 10.6 Å². The van der Waals surface area contributed by atoms with Crippen molar-refractivity contribution in [3.05, 3.63) is 18.7 Å². The monoisotopic (exact) mass is 275 g/mol. The molecule has 2 aromatic heterocycles. The van der Waals surface area contributed by atoms with E-state index in [0.717, 1.165) is 26.1 Å². The highest BCUT2D eigenvalue weighted by Gasteiger charge is 2.19. The number of rotatable bonds is 2. The summed E-state index contributed by atoms with van der Waals surface area (Å²) in [6.07, 6.45) is 6.16. The fraction of sp³-hybridized carbons (Fsp3) is 0.500. The van der Waals surface area contributed by atoms with Crippen molar-refractivity contribution in [2.75, 3.05) is 30.3 Å². The molecular weight excluding hydrogens is 258 g/mol. The van der Waals surface area contributed by atoms with E-state index in [9.17, 15) is 0 Å². The number of anilines is 2. The van der Waals surface area contributed by atoms with Crippen molar-refractivity contribution in [2.45, 2.75) is 19.4 Å². The van der Waals surface area contributed by atoms with Gasteiger partial charge < -0.3 is 15.4 Å². The Kier molecular flexibility index (Phi) is 3.46. The van der Waals surface area contributed by atoms with Crippen LogP contribution in [0, 0.1) is 0 Å². The third-order valence-electron chi connectivity index (χ3n) is 3.10. The molecule has 0 saturated carbocycles. The average Bonchev–Trinajstić information content (AvgIpc) is 2.87. The van der Waals surface area contributed by atoms with E-state index in [1.54, 1.807) is 23.3 Å². The van der Waals surface area contributed by atoms with E-state index in [0.29, 0.717) is 11.9 Å². The van der Waals surface area contributed by atoms with Crippen molar-refractivity contribution in [1.29, 1.82) is 0 Å². The van der Waals surface area contributed by atoms with Gasteiger partial charge in [-0.3, -0.25) is 4.57 Å². The molecule has 1 saturated heterocycles. The number of nitrogens with two attached hydrogens (primary N) is 1. The molecule has 1 aliphatic heterocycles. The molecule has 20 heavy (non-hydrogen) atoms. The Bertz CT molecular complexity index is 571. The van der Waals surface area contributed by atoms with E-state index in [-0.39, 0.29) is 12.1 Å². The smallest absolute Gasteiger partial charge is 0.241 e. The molecular formula is C12H17N7O. The molecule has 8 nitrogen and oxygen atoms in total. The van der Waals surface area contributed by atoms with Crippen LogP contribution in [0.1, 0.15) is 13.3 Å². The minimum absolute atomic E-state index is 0.146. The number of ether oxygens (including phenoxy) is 1. The molecule has 0 radical (unpaired) electrons. The van der Waals surface area contributed by atoms with Crippen LogP contribution in [-0.4, -0.2) is 50.3 Å². The highest BCUT2D eigenvalue weighted by molar-refractivity contribution is 5.38. The Hall–Kier alpha value is -2.22. The van der Waals surface area contributed by atoms with E-state index < -0.39 is 0 Å². The van der Waals surface area contributed by atoms with Gasteiger partial charge in [0.05, 0.1) is 6.10 Å². The lowest BCUT2D eigenvalue weighted by molar-refractivity contribution is 0.0820. The summed E-state index contributed by atoms with van der Waals surface area (Å²) in [7, 11) is 0. The van der Waals surface area contributed by atoms with Gasteiger partial charge in [0.15, 0.2) is 0 Å². The van der Waals surface area contributed by atoms with Crippen LogP contribution >= 0.6 is 0 Å². The van der Waals surface area contributed by atoms with Crippen LogP contribution in [-0.2, 0) is 4.74 Å². The topological polar surface area (TPSA) is 95.0 Å². The molecule has 0 amide bonds. The molecule has 8 heteroatoms. The Morgan fingerprint density at radius 2 is 2.15 bits per heavy atom. The lowest BCUT2D eigenvalue weighted by Gasteiger charge is -2.22. The molecule has 106 valence electrons. The fourth-order valence-corrected chi connectivity index (χ4v) is 2.18. The second kappa shape index (κ2) is 5.41. The standard InChI is InChI=1S/C12H17N7O/c1-9-7-18(4-2-6-20-9)11-15-10(13)16-12(17-11)19-5-3-14-8-19/h3,5,8-9H,2,4,6-7H2,1H3,(H2,13,15,16,17). The number of imidazole rings is 1. The van der Waals surface area contributed by atoms with Gasteiger partial charge in [0.1, 0.15) is 6.33 Å². The van der Waals surface area contributed by atoms with Gasteiger partial charge >= 0.3 is 0 Å². The SMILES string of the molecule is CC1CN(c2nc(N)nc(-n3ccnc3)n2)CCCO1. The zero-order valence-corrected chi connectivity index (χ0v) is 11.3. The molecule has 1 unspecified atom stereocenters. The normalized spacial score (nSPS) is 19.9. The van der Waals surface area contributed by atoms with Gasteiger partial charge in [0, 0.05) is 32.1 Å². The quantitative estimate of drug-likeness (QED) is 0.839. The van der Waals surface area contributed by atoms with Crippen molar-refractivity contribution < 1.29 is 4.74 Å². The molecule has 3 heterocycles. The van der Waals surface area contributed by atoms with Gasteiger partial charge in [0.2, 0.25) is 17.8 Å². The Morgan fingerprint density at radius 1 is 1.30 bits per heavy atom. The average molecular weight is 275 g/mol. The zero-order valence-electron chi connectivity index (χ0n) is 11.3. The van der Waals surface area contributed by atoms with Gasteiger partial charge in [-0.05, 0) is 13.3 Å². The van der Waals surface area contributed by atoms with Crippen molar-refractivity contribution in [1.82, 2.24) is 24.5 Å². The van der Waals surface area contributed by atoms with E-state index in [1.807, 2.05) is 6.92 Å². The summed E-state index contributed by atoms with van der Waals surface area (Å²) in [6.45, 7) is 4.39. The summed E-state index contributed by atoms with van der Waals surface area (Å²) in [6, 6.07) is 0. The minimum atomic E-state index is 0.146. The van der Waals surface area contributed by atoms with Gasteiger partial charge in [-0.15, -0.1) is 0 Å². The van der Waals surface area contributed by atoms with Crippen LogP contribution in [0.5, 0.6) is 0 Å². The molecule has 3 rings (SSSR count). The maximum absolute atomic E-state index is 5.79. The molecule has 0 bridgehead atoms. The zero-order chi connectivity index (χ0) is 13.9. The van der Waals surface area contributed by atoms with E-state index in [1.165, 1.54) is 0 Å². The molecule has 1 fully saturated rings. The summed E-state index contributed by atoms with van der Waals surface area (Å²) in [5.74, 6) is 1.26. The number of hydrogen-bond donors (Lipinski definition) is 1. The second-order valence-corrected chi connectivity index (χ2v) is 4.74. The first-order valence-corrected chi connectivity index (χ1v) is 6.59. The van der Waals surface area contributed by atoms with Crippen molar-refractivity contribution in [3.8, 4) is 5.95 Å². The van der Waals surface area contributed by atoms with Crippen molar-refractivity contribution in [3.63, 3.8) is 0 Å². The van der Waals surface area contributed by atoms with Crippen LogP contribution in [0.25, 0.3) is 5.95 Å². The molecule has 2 N–H and O–H groups in total. The fourth-order valence-electron chi connectivity index (χ4n) is 2.18. The lowest BCUT2D eigenvalue weighted by Crippen LogP contribution is -2.32. The van der Waals surface area contributed by atoms with Crippen LogP contribution in [0.2, 0.25) is 0 Å². The Morgan fingerprint density at radius 3 is 2.95 bits per heavy atom. The van der Waals surface area contributed by atoms with Crippen molar-refractivity contribution >= 4 is 11.9 Å². The van der Waals surface area contributed by atoms with Crippen LogP contribution in [0.4, 0.5) is 11.9 Å². The summed E-state index contributed by atoms with van der Waals surface area (Å²) < 4.78 is 7.34. The molecule has 0 aromatic carbocycles. The highest BCUT2D eigenvalue weighted by Crippen LogP contribution is 2.15. The first-order chi connectivity index (χ1) is 9.72. The van der Waals surface area contributed by atoms with Gasteiger partial charge in [0.25, 0.3) is 0 Å². The molecule has 1 aliphatic rings. The Labute approximate surface area is 116 Å². The maximum Gasteiger partial charge on any atom is 0.241 e. The summed E-state index contributed by atoms with van der Waals surface area (Å²) in [5, 5.41) is 0. The first-order valence-electron chi connectivity index (χ1n) is 6.59. The maximum atomic E-state index is 5.79. The van der Waals surface area contributed by atoms with Crippen molar-refractivity contribution in [2.24, 2.45) is 0 Å². The third kappa shape index (κ3) is 2.69. The first kappa shape index (κ1) is 12.8. The van der Waals surface area contributed by atoms with E-state index >= 15 is 0 Å². The lowest BCUT2D eigenvalue weighted by atomic mass is 10.3. The Balaban J connectivity index is 1.92. The van der Waals surface area contributed by atoms with E-state index in [4.69, 9.17) is 10.5 Å². The molecule has 1 atom stereocenters. The number of hydrogen-bond acceptors (Lipinski definition) is 7. The summed E-state index contributed by atoms with van der Waals surface area (Å²) in [5.41, 5.74) is 5.79. The van der Waals surface area contributed by atoms with Crippen LogP contribution in [0.15, 0.2) is 18.7 Å². The molecule has 0 aliphatic carbocycles. The molecule has 2 aromatic rings.